The molecule has 1 unspecified atom stereocenters. The molecule has 0 saturated heterocycles. The Labute approximate surface area is 108 Å². The van der Waals surface area contributed by atoms with E-state index in [9.17, 15) is 4.79 Å². The Bertz CT molecular complexity index is 454. The van der Waals surface area contributed by atoms with Crippen LogP contribution in [-0.4, -0.2) is 12.5 Å². The zero-order valence-corrected chi connectivity index (χ0v) is 11.5. The predicted octanol–water partition coefficient (Wildman–Crippen LogP) is 3.06. The summed E-state index contributed by atoms with van der Waals surface area (Å²) in [5.74, 6) is 0.645. The quantitative estimate of drug-likeness (QED) is 0.792. The molecule has 2 rings (SSSR count). The summed E-state index contributed by atoms with van der Waals surface area (Å²) in [6.45, 7) is 7.21. The first kappa shape index (κ1) is 12.5. The Morgan fingerprint density at radius 2 is 2.18 bits per heavy atom. The van der Waals surface area contributed by atoms with Gasteiger partial charge in [0.15, 0.2) is 0 Å². The van der Waals surface area contributed by atoms with Gasteiger partial charge in [-0.1, -0.05) is 19.9 Å². The summed E-state index contributed by atoms with van der Waals surface area (Å²) < 4.78 is 0. The van der Waals surface area contributed by atoms with Crippen molar-refractivity contribution in [1.29, 1.82) is 0 Å². The maximum Gasteiger partial charge on any atom is 0.251 e. The highest BCUT2D eigenvalue weighted by Gasteiger charge is 2.45. The molecule has 2 nitrogen and oxygen atoms in total. The summed E-state index contributed by atoms with van der Waals surface area (Å²) in [7, 11) is 0. The lowest BCUT2D eigenvalue weighted by Crippen LogP contribution is -2.27. The normalized spacial score (nSPS) is 21.1. The molecule has 1 amide bonds. The number of nitrogens with one attached hydrogen (secondary N) is 1. The molecule has 1 atom stereocenters. The summed E-state index contributed by atoms with van der Waals surface area (Å²) in [4.78, 5) is 12.8. The largest absolute Gasteiger partial charge is 0.352 e. The van der Waals surface area contributed by atoms with Crippen LogP contribution in [0.5, 0.6) is 0 Å². The number of hydrogen-bond acceptors (Lipinski definition) is 2. The Hall–Kier alpha value is -0.960. The third-order valence-electron chi connectivity index (χ3n) is 3.69. The predicted molar refractivity (Wildman–Crippen MR) is 72.7 cm³/mol. The number of carbonyl (C=O) groups is 1. The second-order valence-corrected chi connectivity index (χ2v) is 6.12. The van der Waals surface area contributed by atoms with Crippen molar-refractivity contribution in [2.24, 2.45) is 11.3 Å². The zero-order valence-electron chi connectivity index (χ0n) is 10.6. The molecule has 3 heteroatoms. The van der Waals surface area contributed by atoms with Crippen LogP contribution in [0.3, 0.4) is 0 Å². The molecule has 1 aromatic carbocycles. The highest BCUT2D eigenvalue weighted by molar-refractivity contribution is 7.80. The fraction of sp³-hybridized carbons (Fsp3) is 0.500. The Balaban J connectivity index is 1.98. The standard InChI is InChI=1S/C14H19NOS/c1-9-4-5-11(17)6-12(9)13(16)15-8-10-7-14(10,2)3/h4-6,10,17H,7-8H2,1-3H3,(H,15,16). The van der Waals surface area contributed by atoms with Crippen LogP contribution in [0, 0.1) is 18.3 Å². The number of benzene rings is 1. The van der Waals surface area contributed by atoms with Crippen LogP contribution in [0.2, 0.25) is 0 Å². The van der Waals surface area contributed by atoms with Crippen molar-refractivity contribution in [2.75, 3.05) is 6.54 Å². The minimum atomic E-state index is 0.0149. The van der Waals surface area contributed by atoms with E-state index in [1.807, 2.05) is 25.1 Å². The molecule has 92 valence electrons. The first-order valence-electron chi connectivity index (χ1n) is 5.98. The van der Waals surface area contributed by atoms with E-state index in [2.05, 4.69) is 31.8 Å². The molecule has 1 N–H and O–H groups in total. The molecule has 1 fully saturated rings. The van der Waals surface area contributed by atoms with E-state index < -0.39 is 0 Å². The van der Waals surface area contributed by atoms with Crippen molar-refractivity contribution < 1.29 is 4.79 Å². The van der Waals surface area contributed by atoms with Gasteiger partial charge < -0.3 is 5.32 Å². The maximum atomic E-state index is 12.0. The third kappa shape index (κ3) is 2.83. The molecule has 0 aliphatic heterocycles. The van der Waals surface area contributed by atoms with E-state index in [1.165, 1.54) is 6.42 Å². The third-order valence-corrected chi connectivity index (χ3v) is 3.97. The SMILES string of the molecule is Cc1ccc(S)cc1C(=O)NCC1CC1(C)C. The number of carbonyl (C=O) groups excluding carboxylic acids is 1. The van der Waals surface area contributed by atoms with Crippen LogP contribution in [0.15, 0.2) is 23.1 Å². The Morgan fingerprint density at radius 3 is 2.76 bits per heavy atom. The minimum Gasteiger partial charge on any atom is -0.352 e. The second kappa shape index (κ2) is 4.37. The fourth-order valence-corrected chi connectivity index (χ4v) is 2.29. The first-order chi connectivity index (χ1) is 7.90. The van der Waals surface area contributed by atoms with Gasteiger partial charge in [-0.3, -0.25) is 4.79 Å². The van der Waals surface area contributed by atoms with Crippen molar-refractivity contribution in [2.45, 2.75) is 32.1 Å². The van der Waals surface area contributed by atoms with Crippen molar-refractivity contribution in [3.63, 3.8) is 0 Å². The van der Waals surface area contributed by atoms with Gasteiger partial charge >= 0.3 is 0 Å². The monoisotopic (exact) mass is 249 g/mol. The number of amides is 1. The van der Waals surface area contributed by atoms with E-state index in [0.717, 1.165) is 22.6 Å². The van der Waals surface area contributed by atoms with Crippen LogP contribution < -0.4 is 5.32 Å². The summed E-state index contributed by atoms with van der Waals surface area (Å²) >= 11 is 4.26. The summed E-state index contributed by atoms with van der Waals surface area (Å²) in [6.07, 6.45) is 1.21. The fourth-order valence-electron chi connectivity index (χ4n) is 2.09. The zero-order chi connectivity index (χ0) is 12.6. The van der Waals surface area contributed by atoms with Crippen LogP contribution >= 0.6 is 12.6 Å². The number of aryl methyl sites for hydroxylation is 1. The Morgan fingerprint density at radius 1 is 1.53 bits per heavy atom. The lowest BCUT2D eigenvalue weighted by molar-refractivity contribution is 0.0950. The van der Waals surface area contributed by atoms with Gasteiger partial charge in [-0.15, -0.1) is 12.6 Å². The molecule has 0 aromatic heterocycles. The summed E-state index contributed by atoms with van der Waals surface area (Å²) in [5.41, 5.74) is 2.14. The number of hydrogen-bond donors (Lipinski definition) is 2. The van der Waals surface area contributed by atoms with Crippen molar-refractivity contribution >= 4 is 18.5 Å². The van der Waals surface area contributed by atoms with Gasteiger partial charge in [0.1, 0.15) is 0 Å². The van der Waals surface area contributed by atoms with E-state index in [1.54, 1.807) is 0 Å². The van der Waals surface area contributed by atoms with Crippen molar-refractivity contribution in [3.05, 3.63) is 29.3 Å². The molecule has 1 aromatic rings. The van der Waals surface area contributed by atoms with Gasteiger partial charge in [-0.25, -0.2) is 0 Å². The number of rotatable bonds is 3. The number of thiol groups is 1. The Kier molecular flexibility index (Phi) is 3.21. The van der Waals surface area contributed by atoms with Crippen LogP contribution in [0.25, 0.3) is 0 Å². The van der Waals surface area contributed by atoms with Crippen LogP contribution in [0.4, 0.5) is 0 Å². The molecule has 0 radical (unpaired) electrons. The van der Waals surface area contributed by atoms with Gasteiger partial charge in [0, 0.05) is 17.0 Å². The molecule has 0 spiro atoms. The second-order valence-electron chi connectivity index (χ2n) is 5.60. The van der Waals surface area contributed by atoms with Gasteiger partial charge in [-0.2, -0.15) is 0 Å². The summed E-state index contributed by atoms with van der Waals surface area (Å²) in [6, 6.07) is 5.66. The van der Waals surface area contributed by atoms with E-state index in [-0.39, 0.29) is 5.91 Å². The molecular formula is C14H19NOS. The molecule has 1 aliphatic carbocycles. The van der Waals surface area contributed by atoms with Crippen LogP contribution in [-0.2, 0) is 0 Å². The van der Waals surface area contributed by atoms with E-state index in [4.69, 9.17) is 0 Å². The van der Waals surface area contributed by atoms with Crippen LogP contribution in [0.1, 0.15) is 36.2 Å². The lowest BCUT2D eigenvalue weighted by Gasteiger charge is -2.09. The van der Waals surface area contributed by atoms with E-state index in [0.29, 0.717) is 11.3 Å². The first-order valence-corrected chi connectivity index (χ1v) is 6.43. The van der Waals surface area contributed by atoms with Gasteiger partial charge in [0.05, 0.1) is 0 Å². The average Bonchev–Trinajstić information content (AvgIpc) is 2.87. The van der Waals surface area contributed by atoms with Crippen molar-refractivity contribution in [1.82, 2.24) is 5.32 Å². The topological polar surface area (TPSA) is 29.1 Å². The van der Waals surface area contributed by atoms with Gasteiger partial charge in [0.25, 0.3) is 5.91 Å². The molecule has 0 bridgehead atoms. The van der Waals surface area contributed by atoms with Gasteiger partial charge in [0.2, 0.25) is 0 Å². The molecular weight excluding hydrogens is 230 g/mol. The summed E-state index contributed by atoms with van der Waals surface area (Å²) in [5, 5.41) is 3.01. The average molecular weight is 249 g/mol. The molecule has 1 saturated carbocycles. The molecule has 1 aliphatic rings. The van der Waals surface area contributed by atoms with Crippen molar-refractivity contribution in [3.8, 4) is 0 Å². The van der Waals surface area contributed by atoms with E-state index >= 15 is 0 Å². The highest BCUT2D eigenvalue weighted by atomic mass is 32.1. The lowest BCUT2D eigenvalue weighted by atomic mass is 10.1. The highest BCUT2D eigenvalue weighted by Crippen LogP contribution is 2.50. The van der Waals surface area contributed by atoms with Gasteiger partial charge in [-0.05, 0) is 42.4 Å². The minimum absolute atomic E-state index is 0.0149. The molecule has 17 heavy (non-hydrogen) atoms. The molecule has 0 heterocycles. The smallest absolute Gasteiger partial charge is 0.251 e. The maximum absolute atomic E-state index is 12.0.